The van der Waals surface area contributed by atoms with Crippen molar-refractivity contribution < 1.29 is 0 Å². The minimum Gasteiger partial charge on any atom is -0.313 e. The molecule has 1 rings (SSSR count). The van der Waals surface area contributed by atoms with E-state index in [-0.39, 0.29) is 16.2 Å². The zero-order valence-corrected chi connectivity index (χ0v) is 12.9. The molecule has 2 nitrogen and oxygen atoms in total. The summed E-state index contributed by atoms with van der Waals surface area (Å²) in [5, 5.41) is 0. The van der Waals surface area contributed by atoms with E-state index in [2.05, 4.69) is 48.5 Å². The second kappa shape index (κ2) is 3.96. The van der Waals surface area contributed by atoms with Crippen LogP contribution in [0.5, 0.6) is 0 Å². The molecule has 1 aliphatic carbocycles. The van der Waals surface area contributed by atoms with Crippen molar-refractivity contribution in [2.45, 2.75) is 73.4 Å². The van der Waals surface area contributed by atoms with Gasteiger partial charge in [-0.25, -0.2) is 0 Å². The van der Waals surface area contributed by atoms with Gasteiger partial charge in [-0.15, -0.1) is 0 Å². The maximum atomic E-state index is 6.57. The Morgan fingerprint density at radius 2 is 1.35 bits per heavy atom. The fourth-order valence-corrected chi connectivity index (χ4v) is 4.65. The molecular formula is C15H32N2. The second-order valence-corrected chi connectivity index (χ2v) is 8.29. The van der Waals surface area contributed by atoms with Crippen LogP contribution < -0.4 is 11.5 Å². The average Bonchev–Trinajstić information content (AvgIpc) is 2.04. The molecule has 0 aromatic heterocycles. The first-order valence-electron chi connectivity index (χ1n) is 6.93. The summed E-state index contributed by atoms with van der Waals surface area (Å²) in [5.41, 5.74) is 12.8. The van der Waals surface area contributed by atoms with E-state index in [1.54, 1.807) is 0 Å². The van der Waals surface area contributed by atoms with Crippen LogP contribution in [0.1, 0.15) is 67.7 Å². The Kier molecular flexibility index (Phi) is 3.49. The van der Waals surface area contributed by atoms with Gasteiger partial charge < -0.3 is 11.5 Å². The van der Waals surface area contributed by atoms with Crippen LogP contribution in [0.4, 0.5) is 0 Å². The van der Waals surface area contributed by atoms with Crippen molar-refractivity contribution in [3.05, 3.63) is 0 Å². The molecule has 0 heterocycles. The van der Waals surface area contributed by atoms with Crippen LogP contribution in [-0.2, 0) is 0 Å². The van der Waals surface area contributed by atoms with Gasteiger partial charge in [-0.05, 0) is 36.0 Å². The summed E-state index contributed by atoms with van der Waals surface area (Å²) in [4.78, 5) is 0. The largest absolute Gasteiger partial charge is 0.313 e. The molecule has 0 bridgehead atoms. The first kappa shape index (κ1) is 15.0. The van der Waals surface area contributed by atoms with Crippen molar-refractivity contribution in [3.8, 4) is 0 Å². The molecule has 4 N–H and O–H groups in total. The highest BCUT2D eigenvalue weighted by Crippen LogP contribution is 2.62. The van der Waals surface area contributed by atoms with Crippen molar-refractivity contribution in [2.24, 2.45) is 33.6 Å². The molecule has 0 aromatic rings. The van der Waals surface area contributed by atoms with Crippen molar-refractivity contribution in [1.29, 1.82) is 0 Å². The van der Waals surface area contributed by atoms with E-state index in [9.17, 15) is 0 Å². The smallest absolute Gasteiger partial charge is 0.0704 e. The van der Waals surface area contributed by atoms with E-state index < -0.39 is 5.66 Å². The molecule has 1 atom stereocenters. The van der Waals surface area contributed by atoms with Gasteiger partial charge in [-0.3, -0.25) is 0 Å². The third-order valence-electron chi connectivity index (χ3n) is 5.06. The molecule has 17 heavy (non-hydrogen) atoms. The highest BCUT2D eigenvalue weighted by molar-refractivity contribution is 5.13. The number of hydrogen-bond donors (Lipinski definition) is 2. The predicted octanol–water partition coefficient (Wildman–Crippen LogP) is 3.50. The van der Waals surface area contributed by atoms with Gasteiger partial charge in [-0.1, -0.05) is 48.5 Å². The number of hydrogen-bond acceptors (Lipinski definition) is 2. The SMILES string of the molecule is CC1CCC(N)(N)C(C(C)(C)C)(C(C)(C)C)C1. The minimum atomic E-state index is -0.560. The van der Waals surface area contributed by atoms with Crippen LogP contribution in [-0.4, -0.2) is 5.66 Å². The first-order chi connectivity index (χ1) is 7.35. The van der Waals surface area contributed by atoms with Gasteiger partial charge in [0.1, 0.15) is 0 Å². The molecule has 0 amide bonds. The van der Waals surface area contributed by atoms with Crippen molar-refractivity contribution >= 4 is 0 Å². The molecule has 0 saturated heterocycles. The van der Waals surface area contributed by atoms with E-state index >= 15 is 0 Å². The summed E-state index contributed by atoms with van der Waals surface area (Å²) in [6.45, 7) is 16.1. The summed E-state index contributed by atoms with van der Waals surface area (Å²) in [6.07, 6.45) is 3.22. The molecule has 0 aromatic carbocycles. The summed E-state index contributed by atoms with van der Waals surface area (Å²) in [6, 6.07) is 0. The monoisotopic (exact) mass is 240 g/mol. The van der Waals surface area contributed by atoms with Gasteiger partial charge in [0.15, 0.2) is 0 Å². The first-order valence-corrected chi connectivity index (χ1v) is 6.93. The van der Waals surface area contributed by atoms with E-state index in [0.717, 1.165) is 19.3 Å². The lowest BCUT2D eigenvalue weighted by Crippen LogP contribution is -2.73. The Bertz CT molecular complexity index is 264. The normalized spacial score (nSPS) is 29.1. The maximum absolute atomic E-state index is 6.57. The van der Waals surface area contributed by atoms with Crippen LogP contribution in [0, 0.1) is 22.2 Å². The Labute approximate surface area is 108 Å². The van der Waals surface area contributed by atoms with Crippen LogP contribution in [0.3, 0.4) is 0 Å². The van der Waals surface area contributed by atoms with E-state index in [4.69, 9.17) is 11.5 Å². The number of rotatable bonds is 0. The minimum absolute atomic E-state index is 0.0231. The van der Waals surface area contributed by atoms with Crippen LogP contribution >= 0.6 is 0 Å². The van der Waals surface area contributed by atoms with E-state index in [1.165, 1.54) is 0 Å². The Hall–Kier alpha value is -0.0800. The summed E-state index contributed by atoms with van der Waals surface area (Å²) in [5.74, 6) is 0.716. The Balaban J connectivity index is 3.39. The van der Waals surface area contributed by atoms with Crippen molar-refractivity contribution in [1.82, 2.24) is 0 Å². The van der Waals surface area contributed by atoms with Gasteiger partial charge in [0.05, 0.1) is 5.66 Å². The third-order valence-corrected chi connectivity index (χ3v) is 5.06. The fraction of sp³-hybridized carbons (Fsp3) is 1.00. The highest BCUT2D eigenvalue weighted by Gasteiger charge is 2.61. The molecule has 0 aliphatic heterocycles. The molecule has 1 saturated carbocycles. The molecule has 1 fully saturated rings. The summed E-state index contributed by atoms with van der Waals surface area (Å²) >= 11 is 0. The Morgan fingerprint density at radius 3 is 1.65 bits per heavy atom. The van der Waals surface area contributed by atoms with Gasteiger partial charge in [0, 0.05) is 5.41 Å². The lowest BCUT2D eigenvalue weighted by molar-refractivity contribution is -0.137. The molecule has 2 heteroatoms. The lowest BCUT2D eigenvalue weighted by Gasteiger charge is -2.64. The highest BCUT2D eigenvalue weighted by atomic mass is 15.0. The second-order valence-electron chi connectivity index (χ2n) is 8.29. The maximum Gasteiger partial charge on any atom is 0.0704 e. The zero-order valence-electron chi connectivity index (χ0n) is 12.9. The molecule has 0 radical (unpaired) electrons. The van der Waals surface area contributed by atoms with Gasteiger partial charge in [0.25, 0.3) is 0 Å². The third kappa shape index (κ3) is 2.15. The lowest BCUT2D eigenvalue weighted by atomic mass is 9.43. The van der Waals surface area contributed by atoms with Crippen molar-refractivity contribution in [3.63, 3.8) is 0 Å². The fourth-order valence-electron chi connectivity index (χ4n) is 4.65. The van der Waals surface area contributed by atoms with Gasteiger partial charge >= 0.3 is 0 Å². The van der Waals surface area contributed by atoms with Crippen molar-refractivity contribution in [2.75, 3.05) is 0 Å². The molecular weight excluding hydrogens is 208 g/mol. The van der Waals surface area contributed by atoms with Crippen LogP contribution in [0.25, 0.3) is 0 Å². The summed E-state index contributed by atoms with van der Waals surface area (Å²) < 4.78 is 0. The predicted molar refractivity (Wildman–Crippen MR) is 75.5 cm³/mol. The van der Waals surface area contributed by atoms with Gasteiger partial charge in [-0.2, -0.15) is 0 Å². The molecule has 102 valence electrons. The van der Waals surface area contributed by atoms with E-state index in [0.29, 0.717) is 5.92 Å². The average molecular weight is 240 g/mol. The van der Waals surface area contributed by atoms with E-state index in [1.807, 2.05) is 0 Å². The summed E-state index contributed by atoms with van der Waals surface area (Å²) in [7, 11) is 0. The van der Waals surface area contributed by atoms with Crippen LogP contribution in [0.15, 0.2) is 0 Å². The Morgan fingerprint density at radius 1 is 0.941 bits per heavy atom. The zero-order chi connectivity index (χ0) is 13.7. The van der Waals surface area contributed by atoms with Crippen LogP contribution in [0.2, 0.25) is 0 Å². The standard InChI is InChI=1S/C15H32N2/c1-11-8-9-15(16,17)14(10-11,12(2,3)4)13(5,6)7/h11H,8-10,16-17H2,1-7H3. The molecule has 1 unspecified atom stereocenters. The quantitative estimate of drug-likeness (QED) is 0.637. The van der Waals surface area contributed by atoms with Gasteiger partial charge in [0.2, 0.25) is 0 Å². The molecule has 0 spiro atoms. The topological polar surface area (TPSA) is 52.0 Å². The number of nitrogens with two attached hydrogens (primary N) is 2. The molecule has 1 aliphatic rings.